The normalized spacial score (nSPS) is 31.1. The maximum absolute atomic E-state index is 3.91. The van der Waals surface area contributed by atoms with Gasteiger partial charge in [-0.1, -0.05) is 19.8 Å². The SMILES string of the molecule is CCCN(CCN(C)C)CC1CC2CCCCC2N1. The Morgan fingerprint density at radius 1 is 1.05 bits per heavy atom. The Balaban J connectivity index is 1.77. The van der Waals surface area contributed by atoms with Gasteiger partial charge in [-0.25, -0.2) is 0 Å². The van der Waals surface area contributed by atoms with E-state index in [0.717, 1.165) is 18.0 Å². The fourth-order valence-electron chi connectivity index (χ4n) is 3.84. The molecule has 1 heterocycles. The van der Waals surface area contributed by atoms with Gasteiger partial charge in [0.05, 0.1) is 0 Å². The summed E-state index contributed by atoms with van der Waals surface area (Å²) in [6.45, 7) is 7.20. The fraction of sp³-hybridized carbons (Fsp3) is 1.00. The number of rotatable bonds is 7. The average molecular weight is 267 g/mol. The van der Waals surface area contributed by atoms with E-state index in [1.807, 2.05) is 0 Å². The Morgan fingerprint density at radius 3 is 2.53 bits per heavy atom. The van der Waals surface area contributed by atoms with Gasteiger partial charge >= 0.3 is 0 Å². The summed E-state index contributed by atoms with van der Waals surface area (Å²) < 4.78 is 0. The molecule has 3 nitrogen and oxygen atoms in total. The molecule has 1 saturated heterocycles. The van der Waals surface area contributed by atoms with Crippen molar-refractivity contribution in [3.8, 4) is 0 Å². The van der Waals surface area contributed by atoms with Crippen LogP contribution in [0.5, 0.6) is 0 Å². The van der Waals surface area contributed by atoms with E-state index in [1.54, 1.807) is 0 Å². The number of fused-ring (bicyclic) bond motifs is 1. The molecular weight excluding hydrogens is 234 g/mol. The van der Waals surface area contributed by atoms with Gasteiger partial charge in [-0.3, -0.25) is 0 Å². The van der Waals surface area contributed by atoms with Crippen LogP contribution in [0.25, 0.3) is 0 Å². The third kappa shape index (κ3) is 4.73. The predicted molar refractivity (Wildman–Crippen MR) is 82.6 cm³/mol. The molecule has 2 rings (SSSR count). The minimum Gasteiger partial charge on any atom is -0.310 e. The van der Waals surface area contributed by atoms with Crippen LogP contribution in [0.4, 0.5) is 0 Å². The molecule has 1 saturated carbocycles. The van der Waals surface area contributed by atoms with Crippen molar-refractivity contribution in [3.05, 3.63) is 0 Å². The topological polar surface area (TPSA) is 18.5 Å². The smallest absolute Gasteiger partial charge is 0.0200 e. The highest BCUT2D eigenvalue weighted by atomic mass is 15.2. The van der Waals surface area contributed by atoms with E-state index >= 15 is 0 Å². The lowest BCUT2D eigenvalue weighted by Gasteiger charge is -2.27. The second-order valence-corrected chi connectivity index (χ2v) is 6.85. The number of hydrogen-bond donors (Lipinski definition) is 1. The zero-order valence-corrected chi connectivity index (χ0v) is 13.2. The molecule has 1 aliphatic carbocycles. The molecule has 0 aromatic carbocycles. The van der Waals surface area contributed by atoms with Gasteiger partial charge in [0.1, 0.15) is 0 Å². The first-order chi connectivity index (χ1) is 9.19. The highest BCUT2D eigenvalue weighted by molar-refractivity contribution is 4.94. The molecule has 3 unspecified atom stereocenters. The van der Waals surface area contributed by atoms with Gasteiger partial charge in [0, 0.05) is 31.7 Å². The van der Waals surface area contributed by atoms with Gasteiger partial charge in [-0.2, -0.15) is 0 Å². The lowest BCUT2D eigenvalue weighted by Crippen LogP contribution is -2.42. The number of hydrogen-bond acceptors (Lipinski definition) is 3. The van der Waals surface area contributed by atoms with Crippen LogP contribution in [-0.4, -0.2) is 62.2 Å². The largest absolute Gasteiger partial charge is 0.310 e. The molecule has 19 heavy (non-hydrogen) atoms. The first-order valence-corrected chi connectivity index (χ1v) is 8.32. The van der Waals surface area contributed by atoms with Crippen LogP contribution < -0.4 is 5.32 Å². The van der Waals surface area contributed by atoms with E-state index in [1.165, 1.54) is 64.7 Å². The van der Waals surface area contributed by atoms with E-state index in [-0.39, 0.29) is 0 Å². The highest BCUT2D eigenvalue weighted by Gasteiger charge is 2.35. The maximum atomic E-state index is 3.91. The lowest BCUT2D eigenvalue weighted by molar-refractivity contribution is 0.221. The Hall–Kier alpha value is -0.120. The molecule has 0 aromatic heterocycles. The number of nitrogens with one attached hydrogen (secondary N) is 1. The molecule has 0 spiro atoms. The first kappa shape index (κ1) is 15.3. The van der Waals surface area contributed by atoms with Crippen molar-refractivity contribution in [3.63, 3.8) is 0 Å². The van der Waals surface area contributed by atoms with Crippen molar-refractivity contribution >= 4 is 0 Å². The van der Waals surface area contributed by atoms with Crippen LogP contribution in [0, 0.1) is 5.92 Å². The summed E-state index contributed by atoms with van der Waals surface area (Å²) >= 11 is 0. The van der Waals surface area contributed by atoms with Crippen LogP contribution in [-0.2, 0) is 0 Å². The summed E-state index contributed by atoms with van der Waals surface area (Å²) in [6, 6.07) is 1.60. The Bertz CT molecular complexity index is 240. The monoisotopic (exact) mass is 267 g/mol. The second kappa shape index (κ2) is 7.61. The van der Waals surface area contributed by atoms with E-state index in [4.69, 9.17) is 0 Å². The molecule has 0 amide bonds. The molecule has 3 atom stereocenters. The van der Waals surface area contributed by atoms with Crippen molar-refractivity contribution in [1.82, 2.24) is 15.1 Å². The van der Waals surface area contributed by atoms with Gasteiger partial charge < -0.3 is 15.1 Å². The summed E-state index contributed by atoms with van der Waals surface area (Å²) in [5, 5.41) is 3.91. The fourth-order valence-corrected chi connectivity index (χ4v) is 3.84. The van der Waals surface area contributed by atoms with Crippen molar-refractivity contribution < 1.29 is 0 Å². The Morgan fingerprint density at radius 2 is 1.84 bits per heavy atom. The molecule has 0 bridgehead atoms. The van der Waals surface area contributed by atoms with Crippen LogP contribution in [0.1, 0.15) is 45.4 Å². The highest BCUT2D eigenvalue weighted by Crippen LogP contribution is 2.33. The van der Waals surface area contributed by atoms with Gasteiger partial charge in [-0.05, 0) is 52.2 Å². The zero-order valence-electron chi connectivity index (χ0n) is 13.2. The van der Waals surface area contributed by atoms with Crippen molar-refractivity contribution in [1.29, 1.82) is 0 Å². The molecule has 2 aliphatic rings. The Kier molecular flexibility index (Phi) is 6.11. The summed E-state index contributed by atoms with van der Waals surface area (Å²) in [7, 11) is 4.35. The third-order valence-electron chi connectivity index (χ3n) is 4.83. The van der Waals surface area contributed by atoms with E-state index in [2.05, 4.69) is 36.1 Å². The van der Waals surface area contributed by atoms with Crippen molar-refractivity contribution in [2.75, 3.05) is 40.3 Å². The zero-order chi connectivity index (χ0) is 13.7. The molecule has 1 aliphatic heterocycles. The standard InChI is InChI=1S/C16H33N3/c1-4-9-19(11-10-18(2)3)13-15-12-14-7-5-6-8-16(14)17-15/h14-17H,4-13H2,1-3H3. The third-order valence-corrected chi connectivity index (χ3v) is 4.83. The first-order valence-electron chi connectivity index (χ1n) is 8.32. The van der Waals surface area contributed by atoms with Gasteiger partial charge in [-0.15, -0.1) is 0 Å². The molecule has 0 radical (unpaired) electrons. The minimum atomic E-state index is 0.752. The molecule has 3 heteroatoms. The van der Waals surface area contributed by atoms with Crippen LogP contribution in [0.3, 0.4) is 0 Å². The summed E-state index contributed by atoms with van der Waals surface area (Å²) in [5.74, 6) is 0.982. The van der Waals surface area contributed by atoms with E-state index < -0.39 is 0 Å². The van der Waals surface area contributed by atoms with E-state index in [9.17, 15) is 0 Å². The predicted octanol–water partition coefficient (Wildman–Crippen LogP) is 2.18. The molecule has 112 valence electrons. The second-order valence-electron chi connectivity index (χ2n) is 6.85. The van der Waals surface area contributed by atoms with Crippen molar-refractivity contribution in [2.24, 2.45) is 5.92 Å². The summed E-state index contributed by atoms with van der Waals surface area (Å²) in [6.07, 6.45) is 8.50. The van der Waals surface area contributed by atoms with Crippen molar-refractivity contribution in [2.45, 2.75) is 57.5 Å². The number of nitrogens with zero attached hydrogens (tertiary/aromatic N) is 2. The molecular formula is C16H33N3. The van der Waals surface area contributed by atoms with Crippen LogP contribution in [0.2, 0.25) is 0 Å². The van der Waals surface area contributed by atoms with Crippen LogP contribution >= 0.6 is 0 Å². The van der Waals surface area contributed by atoms with E-state index in [0.29, 0.717) is 0 Å². The minimum absolute atomic E-state index is 0.752. The summed E-state index contributed by atoms with van der Waals surface area (Å²) in [5.41, 5.74) is 0. The molecule has 1 N–H and O–H groups in total. The lowest BCUT2D eigenvalue weighted by atomic mass is 9.85. The summed E-state index contributed by atoms with van der Waals surface area (Å²) in [4.78, 5) is 4.96. The molecule has 0 aromatic rings. The Labute approximate surface area is 119 Å². The van der Waals surface area contributed by atoms with Crippen LogP contribution in [0.15, 0.2) is 0 Å². The van der Waals surface area contributed by atoms with Gasteiger partial charge in [0.2, 0.25) is 0 Å². The average Bonchev–Trinajstić information content (AvgIpc) is 2.78. The molecule has 2 fully saturated rings. The quantitative estimate of drug-likeness (QED) is 0.763. The van der Waals surface area contributed by atoms with Gasteiger partial charge in [0.15, 0.2) is 0 Å². The number of likely N-dealkylation sites (N-methyl/N-ethyl adjacent to an activating group) is 1. The maximum Gasteiger partial charge on any atom is 0.0200 e. The van der Waals surface area contributed by atoms with Gasteiger partial charge in [0.25, 0.3) is 0 Å².